The van der Waals surface area contributed by atoms with E-state index >= 15 is 0 Å². The highest BCUT2D eigenvalue weighted by molar-refractivity contribution is 5.97. The van der Waals surface area contributed by atoms with Crippen molar-refractivity contribution in [3.63, 3.8) is 0 Å². The van der Waals surface area contributed by atoms with Gasteiger partial charge in [0.15, 0.2) is 0 Å². The van der Waals surface area contributed by atoms with Gasteiger partial charge in [-0.25, -0.2) is 4.79 Å². The molecule has 0 spiro atoms. The second-order valence-electron chi connectivity index (χ2n) is 6.91. The van der Waals surface area contributed by atoms with Crippen molar-refractivity contribution in [2.24, 2.45) is 0 Å². The van der Waals surface area contributed by atoms with Crippen LogP contribution in [-0.4, -0.2) is 25.4 Å². The van der Waals surface area contributed by atoms with Gasteiger partial charge in [-0.1, -0.05) is 38.3 Å². The summed E-state index contributed by atoms with van der Waals surface area (Å²) in [6.45, 7) is 7.94. The van der Waals surface area contributed by atoms with E-state index < -0.39 is 5.97 Å². The van der Waals surface area contributed by atoms with Crippen LogP contribution in [0, 0.1) is 6.92 Å². The van der Waals surface area contributed by atoms with Gasteiger partial charge in [-0.2, -0.15) is 5.10 Å². The zero-order valence-corrected chi connectivity index (χ0v) is 15.8. The molecule has 1 N–H and O–H groups in total. The van der Waals surface area contributed by atoms with Crippen molar-refractivity contribution in [3.05, 3.63) is 41.7 Å². The Kier molecular flexibility index (Phi) is 5.45. The molecule has 0 amide bonds. The SMILES string of the molecule is CCCCn1nc(-c2cn(CCCC)c3ccc(C)cc23)cc1C(=O)O. The van der Waals surface area contributed by atoms with Crippen LogP contribution in [0.15, 0.2) is 30.5 Å². The number of aromatic nitrogens is 3. The molecule has 0 saturated carbocycles. The largest absolute Gasteiger partial charge is 0.477 e. The Bertz CT molecular complexity index is 921. The Balaban J connectivity index is 2.12. The van der Waals surface area contributed by atoms with E-state index in [1.54, 1.807) is 10.7 Å². The number of rotatable bonds is 8. The van der Waals surface area contributed by atoms with E-state index in [9.17, 15) is 9.90 Å². The van der Waals surface area contributed by atoms with E-state index in [4.69, 9.17) is 0 Å². The van der Waals surface area contributed by atoms with Gasteiger partial charge in [0.2, 0.25) is 0 Å². The first-order valence-corrected chi connectivity index (χ1v) is 9.46. The monoisotopic (exact) mass is 353 g/mol. The summed E-state index contributed by atoms with van der Waals surface area (Å²) in [5, 5.41) is 15.3. The predicted octanol–water partition coefficient (Wildman–Crippen LogP) is 5.11. The average Bonchev–Trinajstić information content (AvgIpc) is 3.19. The van der Waals surface area contributed by atoms with Gasteiger partial charge in [0.05, 0.1) is 5.69 Å². The summed E-state index contributed by atoms with van der Waals surface area (Å²) in [5.41, 5.74) is 4.38. The minimum absolute atomic E-state index is 0.260. The van der Waals surface area contributed by atoms with Gasteiger partial charge in [-0.3, -0.25) is 4.68 Å². The molecule has 0 bridgehead atoms. The number of hydrogen-bond acceptors (Lipinski definition) is 2. The van der Waals surface area contributed by atoms with Crippen LogP contribution < -0.4 is 0 Å². The van der Waals surface area contributed by atoms with Gasteiger partial charge in [0, 0.05) is 35.8 Å². The smallest absolute Gasteiger partial charge is 0.354 e. The lowest BCUT2D eigenvalue weighted by Crippen LogP contribution is -2.09. The maximum Gasteiger partial charge on any atom is 0.354 e. The molecule has 3 rings (SSSR count). The van der Waals surface area contributed by atoms with Gasteiger partial charge in [-0.05, 0) is 38.0 Å². The molecule has 0 saturated heterocycles. The fourth-order valence-corrected chi connectivity index (χ4v) is 3.33. The molecule has 0 fully saturated rings. The van der Waals surface area contributed by atoms with Crippen LogP contribution in [0.1, 0.15) is 55.6 Å². The number of carboxylic acids is 1. The zero-order chi connectivity index (χ0) is 18.7. The Morgan fingerprint density at radius 3 is 2.54 bits per heavy atom. The van der Waals surface area contributed by atoms with E-state index in [0.29, 0.717) is 6.54 Å². The van der Waals surface area contributed by atoms with Crippen LogP contribution in [0.2, 0.25) is 0 Å². The van der Waals surface area contributed by atoms with E-state index in [2.05, 4.69) is 54.8 Å². The number of unbranched alkanes of at least 4 members (excludes halogenated alkanes) is 2. The molecule has 1 aromatic carbocycles. The second-order valence-corrected chi connectivity index (χ2v) is 6.91. The normalized spacial score (nSPS) is 11.3. The molecule has 0 atom stereocenters. The molecular weight excluding hydrogens is 326 g/mol. The van der Waals surface area contributed by atoms with Gasteiger partial charge in [0.25, 0.3) is 0 Å². The number of carbonyl (C=O) groups is 1. The fraction of sp³-hybridized carbons (Fsp3) is 0.429. The van der Waals surface area contributed by atoms with Crippen LogP contribution in [0.5, 0.6) is 0 Å². The van der Waals surface area contributed by atoms with Crippen molar-refractivity contribution >= 4 is 16.9 Å². The van der Waals surface area contributed by atoms with Crippen LogP contribution in [0.25, 0.3) is 22.2 Å². The van der Waals surface area contributed by atoms with Crippen molar-refractivity contribution in [2.45, 2.75) is 59.5 Å². The van der Waals surface area contributed by atoms with Crippen LogP contribution in [0.4, 0.5) is 0 Å². The van der Waals surface area contributed by atoms with E-state index in [1.165, 1.54) is 11.1 Å². The number of fused-ring (bicyclic) bond motifs is 1. The third kappa shape index (κ3) is 3.52. The average molecular weight is 353 g/mol. The summed E-state index contributed by atoms with van der Waals surface area (Å²) in [5.74, 6) is -0.925. The fourth-order valence-electron chi connectivity index (χ4n) is 3.33. The minimum Gasteiger partial charge on any atom is -0.477 e. The molecular formula is C21H27N3O2. The van der Waals surface area contributed by atoms with E-state index in [-0.39, 0.29) is 5.69 Å². The van der Waals surface area contributed by atoms with E-state index in [1.807, 2.05) is 0 Å². The molecule has 5 heteroatoms. The predicted molar refractivity (Wildman–Crippen MR) is 105 cm³/mol. The van der Waals surface area contributed by atoms with Crippen LogP contribution in [0.3, 0.4) is 0 Å². The maximum atomic E-state index is 11.6. The number of nitrogens with zero attached hydrogens (tertiary/aromatic N) is 3. The third-order valence-corrected chi connectivity index (χ3v) is 4.79. The van der Waals surface area contributed by atoms with Gasteiger partial charge in [-0.15, -0.1) is 0 Å². The second kappa shape index (κ2) is 7.77. The summed E-state index contributed by atoms with van der Waals surface area (Å²) in [4.78, 5) is 11.6. The lowest BCUT2D eigenvalue weighted by atomic mass is 10.1. The molecule has 5 nitrogen and oxygen atoms in total. The zero-order valence-electron chi connectivity index (χ0n) is 15.8. The minimum atomic E-state index is -0.925. The molecule has 2 heterocycles. The highest BCUT2D eigenvalue weighted by Crippen LogP contribution is 2.31. The standard InChI is InChI=1S/C21H27N3O2/c1-4-6-10-23-14-17(16-12-15(3)8-9-19(16)23)18-13-20(21(25)26)24(22-18)11-7-5-2/h8-9,12-14H,4-7,10-11H2,1-3H3,(H,25,26). The van der Waals surface area contributed by atoms with Gasteiger partial charge >= 0.3 is 5.97 Å². The molecule has 0 unspecified atom stereocenters. The molecule has 0 radical (unpaired) electrons. The summed E-state index contributed by atoms with van der Waals surface area (Å²) < 4.78 is 3.89. The van der Waals surface area contributed by atoms with Gasteiger partial charge < -0.3 is 9.67 Å². The molecule has 26 heavy (non-hydrogen) atoms. The first-order valence-electron chi connectivity index (χ1n) is 9.46. The number of carboxylic acid groups (broad SMARTS) is 1. The first kappa shape index (κ1) is 18.2. The molecule has 2 aromatic heterocycles. The number of benzene rings is 1. The Morgan fingerprint density at radius 2 is 1.85 bits per heavy atom. The highest BCUT2D eigenvalue weighted by atomic mass is 16.4. The number of aromatic carboxylic acids is 1. The summed E-state index contributed by atoms with van der Waals surface area (Å²) in [7, 11) is 0. The highest BCUT2D eigenvalue weighted by Gasteiger charge is 2.18. The summed E-state index contributed by atoms with van der Waals surface area (Å²) in [6, 6.07) is 8.14. The number of aryl methyl sites for hydroxylation is 3. The topological polar surface area (TPSA) is 60.0 Å². The maximum absolute atomic E-state index is 11.6. The molecule has 0 aliphatic rings. The van der Waals surface area contributed by atoms with Crippen molar-refractivity contribution < 1.29 is 9.90 Å². The van der Waals surface area contributed by atoms with E-state index in [0.717, 1.165) is 48.9 Å². The van der Waals surface area contributed by atoms with Crippen molar-refractivity contribution in [2.75, 3.05) is 0 Å². The number of hydrogen-bond donors (Lipinski definition) is 1. The Labute approximate surface area is 154 Å². The Morgan fingerprint density at radius 1 is 1.12 bits per heavy atom. The lowest BCUT2D eigenvalue weighted by molar-refractivity contribution is 0.0683. The molecule has 138 valence electrons. The summed E-state index contributed by atoms with van der Waals surface area (Å²) >= 11 is 0. The Hall–Kier alpha value is -2.56. The quantitative estimate of drug-likeness (QED) is 0.612. The molecule has 0 aliphatic heterocycles. The van der Waals surface area contributed by atoms with Crippen LogP contribution >= 0.6 is 0 Å². The van der Waals surface area contributed by atoms with Crippen molar-refractivity contribution in [3.8, 4) is 11.3 Å². The van der Waals surface area contributed by atoms with Crippen molar-refractivity contribution in [1.29, 1.82) is 0 Å². The van der Waals surface area contributed by atoms with Crippen molar-refractivity contribution in [1.82, 2.24) is 14.3 Å². The van der Waals surface area contributed by atoms with Gasteiger partial charge in [0.1, 0.15) is 5.69 Å². The van der Waals surface area contributed by atoms with Crippen LogP contribution in [-0.2, 0) is 13.1 Å². The summed E-state index contributed by atoms with van der Waals surface area (Å²) in [6.07, 6.45) is 6.29. The molecule has 0 aliphatic carbocycles. The third-order valence-electron chi connectivity index (χ3n) is 4.79. The first-order chi connectivity index (χ1) is 12.5. The molecule has 3 aromatic rings. The lowest BCUT2D eigenvalue weighted by Gasteiger charge is -2.03.